The summed E-state index contributed by atoms with van der Waals surface area (Å²) in [6, 6.07) is 4.24. The smallest absolute Gasteiger partial charge is 0.122 e. The summed E-state index contributed by atoms with van der Waals surface area (Å²) in [6.45, 7) is 6.85. The Bertz CT molecular complexity index is 411. The quantitative estimate of drug-likeness (QED) is 0.863. The highest BCUT2D eigenvalue weighted by molar-refractivity contribution is 5.47. The third-order valence-corrected chi connectivity index (χ3v) is 3.80. The first kappa shape index (κ1) is 12.4. The van der Waals surface area contributed by atoms with E-state index in [1.165, 1.54) is 16.7 Å². The van der Waals surface area contributed by atoms with Gasteiger partial charge in [0.2, 0.25) is 0 Å². The number of hydrogen-bond acceptors (Lipinski definition) is 3. The van der Waals surface area contributed by atoms with Crippen molar-refractivity contribution in [1.82, 2.24) is 5.32 Å². The molecular weight excluding hydrogens is 214 g/mol. The van der Waals surface area contributed by atoms with Gasteiger partial charge in [-0.25, -0.2) is 0 Å². The van der Waals surface area contributed by atoms with Crippen molar-refractivity contribution in [1.29, 1.82) is 0 Å². The highest BCUT2D eigenvalue weighted by Gasteiger charge is 2.41. The summed E-state index contributed by atoms with van der Waals surface area (Å²) < 4.78 is 10.8. The van der Waals surface area contributed by atoms with Crippen LogP contribution in [0.4, 0.5) is 0 Å². The second kappa shape index (κ2) is 4.67. The molecule has 1 aromatic rings. The highest BCUT2D eigenvalue weighted by Crippen LogP contribution is 2.37. The van der Waals surface area contributed by atoms with E-state index in [1.807, 2.05) is 7.05 Å². The number of methoxy groups -OCH3 is 1. The van der Waals surface area contributed by atoms with Gasteiger partial charge in [-0.1, -0.05) is 6.07 Å². The first-order valence-corrected chi connectivity index (χ1v) is 6.01. The van der Waals surface area contributed by atoms with Gasteiger partial charge in [0.25, 0.3) is 0 Å². The van der Waals surface area contributed by atoms with E-state index >= 15 is 0 Å². The van der Waals surface area contributed by atoms with Crippen LogP contribution >= 0.6 is 0 Å². The molecule has 0 atom stereocenters. The molecule has 94 valence electrons. The van der Waals surface area contributed by atoms with Gasteiger partial charge in [0.15, 0.2) is 0 Å². The van der Waals surface area contributed by atoms with Gasteiger partial charge in [0.05, 0.1) is 25.7 Å². The molecule has 1 fully saturated rings. The molecule has 0 aliphatic carbocycles. The van der Waals surface area contributed by atoms with E-state index in [9.17, 15) is 0 Å². The average Bonchev–Trinajstić information content (AvgIpc) is 2.28. The summed E-state index contributed by atoms with van der Waals surface area (Å²) in [4.78, 5) is 0. The van der Waals surface area contributed by atoms with E-state index in [4.69, 9.17) is 9.47 Å². The van der Waals surface area contributed by atoms with Crippen LogP contribution in [0.2, 0.25) is 0 Å². The minimum absolute atomic E-state index is 0.149. The molecule has 0 aromatic heterocycles. The van der Waals surface area contributed by atoms with E-state index in [1.54, 1.807) is 7.11 Å². The number of nitrogens with one attached hydrogen (secondary N) is 1. The van der Waals surface area contributed by atoms with Crippen molar-refractivity contribution in [2.45, 2.75) is 19.3 Å². The lowest BCUT2D eigenvalue weighted by Gasteiger charge is -2.43. The summed E-state index contributed by atoms with van der Waals surface area (Å²) >= 11 is 0. The number of likely N-dealkylation sites (N-methyl/N-ethyl adjacent to an activating group) is 1. The van der Waals surface area contributed by atoms with Crippen molar-refractivity contribution in [3.05, 3.63) is 28.8 Å². The zero-order valence-electron chi connectivity index (χ0n) is 11.1. The minimum Gasteiger partial charge on any atom is -0.496 e. The molecule has 0 spiro atoms. The molecule has 1 heterocycles. The molecule has 3 nitrogen and oxygen atoms in total. The first-order chi connectivity index (χ1) is 8.14. The molecule has 1 aliphatic rings. The highest BCUT2D eigenvalue weighted by atomic mass is 16.5. The van der Waals surface area contributed by atoms with Crippen LogP contribution < -0.4 is 10.1 Å². The summed E-state index contributed by atoms with van der Waals surface area (Å²) in [5.74, 6) is 0.964. The second-order valence-electron chi connectivity index (χ2n) is 4.87. The zero-order chi connectivity index (χ0) is 12.5. The Hall–Kier alpha value is -1.06. The molecule has 3 heteroatoms. The van der Waals surface area contributed by atoms with Gasteiger partial charge in [-0.15, -0.1) is 0 Å². The maximum atomic E-state index is 5.43. The average molecular weight is 235 g/mol. The van der Waals surface area contributed by atoms with Crippen LogP contribution in [0, 0.1) is 13.8 Å². The number of benzene rings is 1. The minimum atomic E-state index is 0.149. The van der Waals surface area contributed by atoms with Crippen LogP contribution in [0.1, 0.15) is 16.7 Å². The van der Waals surface area contributed by atoms with Crippen molar-refractivity contribution >= 4 is 0 Å². The number of rotatable bonds is 4. The SMILES string of the molecule is CNCC1(c2ccc(OC)c(C)c2C)COC1. The third kappa shape index (κ3) is 1.94. The standard InChI is InChI=1S/C14H21NO2/c1-10-11(2)13(16-4)6-5-12(10)14(7-15-3)8-17-9-14/h5-6,15H,7-9H2,1-4H3. The van der Waals surface area contributed by atoms with Crippen LogP contribution in [0.5, 0.6) is 5.75 Å². The normalized spacial score (nSPS) is 17.6. The lowest BCUT2D eigenvalue weighted by Crippen LogP contribution is -2.53. The Morgan fingerprint density at radius 2 is 2.00 bits per heavy atom. The van der Waals surface area contributed by atoms with Gasteiger partial charge in [0.1, 0.15) is 5.75 Å². The maximum absolute atomic E-state index is 5.43. The Labute approximate surface area is 103 Å². The van der Waals surface area contributed by atoms with E-state index < -0.39 is 0 Å². The van der Waals surface area contributed by atoms with Crippen molar-refractivity contribution < 1.29 is 9.47 Å². The van der Waals surface area contributed by atoms with Gasteiger partial charge in [-0.3, -0.25) is 0 Å². The van der Waals surface area contributed by atoms with Gasteiger partial charge < -0.3 is 14.8 Å². The van der Waals surface area contributed by atoms with Gasteiger partial charge >= 0.3 is 0 Å². The van der Waals surface area contributed by atoms with Crippen molar-refractivity contribution in [2.75, 3.05) is 33.9 Å². The van der Waals surface area contributed by atoms with Gasteiger partial charge in [0, 0.05) is 6.54 Å². The fraction of sp³-hybridized carbons (Fsp3) is 0.571. The van der Waals surface area contributed by atoms with Crippen molar-refractivity contribution in [2.24, 2.45) is 0 Å². The fourth-order valence-electron chi connectivity index (χ4n) is 2.63. The first-order valence-electron chi connectivity index (χ1n) is 6.01. The Kier molecular flexibility index (Phi) is 3.40. The molecule has 0 unspecified atom stereocenters. The van der Waals surface area contributed by atoms with E-state index in [0.717, 1.165) is 25.5 Å². The van der Waals surface area contributed by atoms with Gasteiger partial charge in [-0.05, 0) is 43.7 Å². The zero-order valence-corrected chi connectivity index (χ0v) is 11.1. The van der Waals surface area contributed by atoms with Crippen LogP contribution in [0.3, 0.4) is 0 Å². The van der Waals surface area contributed by atoms with Gasteiger partial charge in [-0.2, -0.15) is 0 Å². The summed E-state index contributed by atoms with van der Waals surface area (Å²) in [7, 11) is 3.71. The lowest BCUT2D eigenvalue weighted by atomic mass is 9.75. The largest absolute Gasteiger partial charge is 0.496 e. The molecule has 2 rings (SSSR count). The van der Waals surface area contributed by atoms with Crippen LogP contribution in [0.15, 0.2) is 12.1 Å². The van der Waals surface area contributed by atoms with Crippen LogP contribution in [-0.4, -0.2) is 33.9 Å². The Balaban J connectivity index is 2.42. The molecule has 0 radical (unpaired) electrons. The summed E-state index contributed by atoms with van der Waals surface area (Å²) in [6.07, 6.45) is 0. The summed E-state index contributed by atoms with van der Waals surface area (Å²) in [5, 5.41) is 3.27. The van der Waals surface area contributed by atoms with Crippen LogP contribution in [0.25, 0.3) is 0 Å². The maximum Gasteiger partial charge on any atom is 0.122 e. The Morgan fingerprint density at radius 1 is 1.29 bits per heavy atom. The molecule has 1 aromatic carbocycles. The van der Waals surface area contributed by atoms with E-state index in [0.29, 0.717) is 0 Å². The monoisotopic (exact) mass is 235 g/mol. The molecule has 1 N–H and O–H groups in total. The molecule has 1 aliphatic heterocycles. The molecular formula is C14H21NO2. The van der Waals surface area contributed by atoms with E-state index in [-0.39, 0.29) is 5.41 Å². The number of hydrogen-bond donors (Lipinski definition) is 1. The Morgan fingerprint density at radius 3 is 2.47 bits per heavy atom. The van der Waals surface area contributed by atoms with Crippen LogP contribution in [-0.2, 0) is 10.2 Å². The number of ether oxygens (including phenoxy) is 2. The lowest BCUT2D eigenvalue weighted by molar-refractivity contribution is -0.0585. The predicted octanol–water partition coefficient (Wildman–Crippen LogP) is 1.80. The molecule has 1 saturated heterocycles. The van der Waals surface area contributed by atoms with Crippen molar-refractivity contribution in [3.8, 4) is 5.75 Å². The molecule has 17 heavy (non-hydrogen) atoms. The molecule has 0 bridgehead atoms. The topological polar surface area (TPSA) is 30.5 Å². The molecule has 0 amide bonds. The predicted molar refractivity (Wildman–Crippen MR) is 68.9 cm³/mol. The fourth-order valence-corrected chi connectivity index (χ4v) is 2.63. The van der Waals surface area contributed by atoms with E-state index in [2.05, 4.69) is 31.3 Å². The third-order valence-electron chi connectivity index (χ3n) is 3.80. The van der Waals surface area contributed by atoms with Crippen molar-refractivity contribution in [3.63, 3.8) is 0 Å². The molecule has 0 saturated carbocycles. The second-order valence-corrected chi connectivity index (χ2v) is 4.87. The summed E-state index contributed by atoms with van der Waals surface area (Å²) in [5.41, 5.74) is 4.09.